The van der Waals surface area contributed by atoms with Crippen LogP contribution >= 0.6 is 0 Å². The Labute approximate surface area is 160 Å². The zero-order valence-corrected chi connectivity index (χ0v) is 15.2. The third-order valence-corrected chi connectivity index (χ3v) is 5.38. The minimum atomic E-state index is -0.657. The monoisotopic (exact) mass is 379 g/mol. The second kappa shape index (κ2) is 6.40. The number of halogens is 1. The molecular weight excluding hydrogens is 361 g/mol. The van der Waals surface area contributed by atoms with Crippen LogP contribution in [0.3, 0.4) is 0 Å². The number of amides is 1. The van der Waals surface area contributed by atoms with Gasteiger partial charge in [0, 0.05) is 30.6 Å². The third-order valence-electron chi connectivity index (χ3n) is 5.38. The van der Waals surface area contributed by atoms with Crippen molar-refractivity contribution >= 4 is 12.0 Å². The number of aromatic nitrogens is 4. The summed E-state index contributed by atoms with van der Waals surface area (Å²) >= 11 is 0. The van der Waals surface area contributed by atoms with Gasteiger partial charge in [-0.3, -0.25) is 4.79 Å². The van der Waals surface area contributed by atoms with E-state index >= 15 is 0 Å². The Bertz CT molecular complexity index is 1090. The lowest BCUT2D eigenvalue weighted by Crippen LogP contribution is -2.45. The van der Waals surface area contributed by atoms with E-state index in [1.54, 1.807) is 4.90 Å². The first-order chi connectivity index (χ1) is 13.6. The zero-order chi connectivity index (χ0) is 19.3. The summed E-state index contributed by atoms with van der Waals surface area (Å²) in [6, 6.07) is 3.12. The molecule has 0 aromatic carbocycles. The van der Waals surface area contributed by atoms with E-state index in [2.05, 4.69) is 20.1 Å². The Morgan fingerprint density at radius 2 is 2.21 bits per heavy atom. The SMILES string of the molecule is Cc1c[nH]c(-c2noc([C@@H]3CC[C@@H]4C=Cc5cnc(F)cc5C(=O)N4C3)n2)c1. The number of nitrogens with zero attached hydrogens (tertiary/aromatic N) is 4. The molecule has 0 unspecified atom stereocenters. The quantitative estimate of drug-likeness (QED) is 0.690. The number of rotatable bonds is 2. The van der Waals surface area contributed by atoms with Gasteiger partial charge >= 0.3 is 0 Å². The van der Waals surface area contributed by atoms with Crippen molar-refractivity contribution in [3.8, 4) is 11.5 Å². The number of hydrogen-bond donors (Lipinski definition) is 1. The van der Waals surface area contributed by atoms with E-state index in [-0.39, 0.29) is 17.9 Å². The van der Waals surface area contributed by atoms with E-state index in [0.717, 1.165) is 24.1 Å². The number of nitrogens with one attached hydrogen (secondary N) is 1. The molecule has 1 N–H and O–H groups in total. The molecular formula is C20H18FN5O2. The number of hydrogen-bond acceptors (Lipinski definition) is 5. The Hall–Kier alpha value is -3.29. The molecule has 1 amide bonds. The van der Waals surface area contributed by atoms with Crippen molar-refractivity contribution in [1.29, 1.82) is 0 Å². The molecule has 5 heterocycles. The molecule has 0 aliphatic carbocycles. The third kappa shape index (κ3) is 2.81. The second-order valence-electron chi connectivity index (χ2n) is 7.30. The fourth-order valence-electron chi connectivity index (χ4n) is 3.90. The van der Waals surface area contributed by atoms with Crippen molar-refractivity contribution in [2.45, 2.75) is 31.7 Å². The van der Waals surface area contributed by atoms with Gasteiger partial charge in [-0.25, -0.2) is 4.98 Å². The van der Waals surface area contributed by atoms with Gasteiger partial charge in [0.05, 0.1) is 23.2 Å². The first-order valence-corrected chi connectivity index (χ1v) is 9.22. The fraction of sp³-hybridized carbons (Fsp3) is 0.300. The Morgan fingerprint density at radius 1 is 1.32 bits per heavy atom. The van der Waals surface area contributed by atoms with Crippen molar-refractivity contribution in [3.63, 3.8) is 0 Å². The summed E-state index contributed by atoms with van der Waals surface area (Å²) in [5.74, 6) is 0.110. The molecule has 2 aliphatic rings. The zero-order valence-electron chi connectivity index (χ0n) is 15.2. The number of carbonyl (C=O) groups excluding carboxylic acids is 1. The van der Waals surface area contributed by atoms with Crippen molar-refractivity contribution in [2.24, 2.45) is 0 Å². The van der Waals surface area contributed by atoms with E-state index < -0.39 is 5.95 Å². The number of aromatic amines is 1. The number of carbonyl (C=O) groups is 1. The normalized spacial score (nSPS) is 21.4. The lowest BCUT2D eigenvalue weighted by Gasteiger charge is -2.36. The summed E-state index contributed by atoms with van der Waals surface area (Å²) in [7, 11) is 0. The van der Waals surface area contributed by atoms with Gasteiger partial charge in [0.1, 0.15) is 0 Å². The van der Waals surface area contributed by atoms with Crippen molar-refractivity contribution in [2.75, 3.05) is 6.54 Å². The minimum Gasteiger partial charge on any atom is -0.358 e. The molecule has 2 aliphatic heterocycles. The fourth-order valence-corrected chi connectivity index (χ4v) is 3.90. The molecule has 5 rings (SSSR count). The van der Waals surface area contributed by atoms with E-state index in [1.165, 1.54) is 12.3 Å². The Morgan fingerprint density at radius 3 is 3.04 bits per heavy atom. The van der Waals surface area contributed by atoms with Crippen LogP contribution < -0.4 is 0 Å². The first-order valence-electron chi connectivity index (χ1n) is 9.22. The average molecular weight is 379 g/mol. The molecule has 3 aromatic heterocycles. The van der Waals surface area contributed by atoms with Crippen LogP contribution in [0.25, 0.3) is 17.6 Å². The predicted molar refractivity (Wildman–Crippen MR) is 98.9 cm³/mol. The van der Waals surface area contributed by atoms with Gasteiger partial charge in [-0.05, 0) is 31.4 Å². The van der Waals surface area contributed by atoms with Crippen LogP contribution in [0.15, 0.2) is 35.1 Å². The van der Waals surface area contributed by atoms with Crippen molar-refractivity contribution in [1.82, 2.24) is 25.0 Å². The highest BCUT2D eigenvalue weighted by Gasteiger charge is 2.36. The summed E-state index contributed by atoms with van der Waals surface area (Å²) in [6.07, 6.45) is 8.72. The van der Waals surface area contributed by atoms with Crippen LogP contribution in [0.2, 0.25) is 0 Å². The number of aryl methyl sites for hydroxylation is 1. The molecule has 1 fully saturated rings. The number of piperidine rings is 1. The highest BCUT2D eigenvalue weighted by Crippen LogP contribution is 2.34. The maximum atomic E-state index is 13.6. The average Bonchev–Trinajstić information content (AvgIpc) is 3.32. The lowest BCUT2D eigenvalue weighted by atomic mass is 9.92. The molecule has 0 radical (unpaired) electrons. The van der Waals surface area contributed by atoms with Crippen LogP contribution in [-0.2, 0) is 0 Å². The summed E-state index contributed by atoms with van der Waals surface area (Å²) < 4.78 is 19.1. The smallest absolute Gasteiger partial charge is 0.255 e. The summed E-state index contributed by atoms with van der Waals surface area (Å²) in [5.41, 5.74) is 2.86. The van der Waals surface area contributed by atoms with Crippen LogP contribution in [0.5, 0.6) is 0 Å². The van der Waals surface area contributed by atoms with Crippen LogP contribution in [0.1, 0.15) is 46.1 Å². The molecule has 142 valence electrons. The van der Waals surface area contributed by atoms with Crippen molar-refractivity contribution < 1.29 is 13.7 Å². The maximum absolute atomic E-state index is 13.6. The highest BCUT2D eigenvalue weighted by atomic mass is 19.1. The Balaban J connectivity index is 1.42. The number of H-pyrrole nitrogens is 1. The molecule has 28 heavy (non-hydrogen) atoms. The topological polar surface area (TPSA) is 87.9 Å². The molecule has 0 saturated carbocycles. The molecule has 1 saturated heterocycles. The lowest BCUT2D eigenvalue weighted by molar-refractivity contribution is 0.0629. The van der Waals surface area contributed by atoms with E-state index in [9.17, 15) is 9.18 Å². The van der Waals surface area contributed by atoms with Crippen LogP contribution in [0, 0.1) is 12.9 Å². The van der Waals surface area contributed by atoms with Gasteiger partial charge in [-0.2, -0.15) is 9.37 Å². The van der Waals surface area contributed by atoms with Gasteiger partial charge in [-0.15, -0.1) is 0 Å². The molecule has 3 aromatic rings. The highest BCUT2D eigenvalue weighted by molar-refractivity contribution is 5.99. The maximum Gasteiger partial charge on any atom is 0.255 e. The first kappa shape index (κ1) is 16.9. The second-order valence-corrected chi connectivity index (χ2v) is 7.30. The summed E-state index contributed by atoms with van der Waals surface area (Å²) in [5, 5.41) is 4.07. The summed E-state index contributed by atoms with van der Waals surface area (Å²) in [4.78, 5) is 26.1. The molecule has 0 spiro atoms. The van der Waals surface area contributed by atoms with Gasteiger partial charge in [0.2, 0.25) is 17.7 Å². The van der Waals surface area contributed by atoms with Crippen LogP contribution in [0.4, 0.5) is 4.39 Å². The van der Waals surface area contributed by atoms with E-state index in [0.29, 0.717) is 29.4 Å². The molecule has 0 bridgehead atoms. The molecule has 2 atom stereocenters. The van der Waals surface area contributed by atoms with Gasteiger partial charge < -0.3 is 14.4 Å². The van der Waals surface area contributed by atoms with Crippen molar-refractivity contribution in [3.05, 3.63) is 59.1 Å². The number of pyridine rings is 1. The number of fused-ring (bicyclic) bond motifs is 2. The van der Waals surface area contributed by atoms with E-state index in [4.69, 9.17) is 4.52 Å². The van der Waals surface area contributed by atoms with Gasteiger partial charge in [0.25, 0.3) is 5.91 Å². The molecule has 8 heteroatoms. The predicted octanol–water partition coefficient (Wildman–Crippen LogP) is 3.32. The Kier molecular flexibility index (Phi) is 3.85. The largest absolute Gasteiger partial charge is 0.358 e. The van der Waals surface area contributed by atoms with Crippen LogP contribution in [-0.4, -0.2) is 43.5 Å². The minimum absolute atomic E-state index is 0.0346. The summed E-state index contributed by atoms with van der Waals surface area (Å²) in [6.45, 7) is 2.43. The standard InChI is InChI=1S/C20H18FN5O2/c1-11-6-16(22-8-11)18-24-19(28-25-18)13-3-5-14-4-2-12-9-23-17(21)7-15(12)20(27)26(14)10-13/h2,4,6-9,13-14,22H,3,5,10H2,1H3/t13-,14+/m1/s1. The van der Waals surface area contributed by atoms with Gasteiger partial charge in [-0.1, -0.05) is 17.3 Å². The van der Waals surface area contributed by atoms with E-state index in [1.807, 2.05) is 31.3 Å². The molecule has 7 nitrogen and oxygen atoms in total. The van der Waals surface area contributed by atoms with Gasteiger partial charge in [0.15, 0.2) is 0 Å².